The third-order valence-corrected chi connectivity index (χ3v) is 12.0. The monoisotopic (exact) mass is 873 g/mol. The molecule has 1 aliphatic rings. The van der Waals surface area contributed by atoms with Gasteiger partial charge >= 0.3 is 20.4 Å². The number of hydrogen-bond acceptors (Lipinski definition) is 0. The van der Waals surface area contributed by atoms with E-state index in [9.17, 15) is 5.53 Å². The summed E-state index contributed by atoms with van der Waals surface area (Å²) >= 11 is 0. The molecule has 0 saturated carbocycles. The van der Waals surface area contributed by atoms with E-state index in [2.05, 4.69) is 93.5 Å². The number of aryl methyl sites for hydroxylation is 4. The van der Waals surface area contributed by atoms with Crippen LogP contribution in [0.1, 0.15) is 238 Å². The molecule has 0 fully saturated rings. The Bertz CT molecular complexity index is 1200. The van der Waals surface area contributed by atoms with Crippen molar-refractivity contribution < 1.29 is 25.1 Å². The summed E-state index contributed by atoms with van der Waals surface area (Å²) in [4.78, 5) is 0. The van der Waals surface area contributed by atoms with Crippen LogP contribution < -0.4 is 0 Å². The van der Waals surface area contributed by atoms with E-state index >= 15 is 0 Å². The van der Waals surface area contributed by atoms with Gasteiger partial charge in [-0.1, -0.05) is 181 Å². The molecule has 3 rings (SSSR count). The fourth-order valence-corrected chi connectivity index (χ4v) is 7.62. The van der Waals surface area contributed by atoms with Crippen molar-refractivity contribution in [3.8, 4) is 0 Å². The van der Waals surface area contributed by atoms with Crippen molar-refractivity contribution in [3.63, 3.8) is 0 Å². The number of benzene rings is 2. The molecule has 2 aromatic carbocycles. The van der Waals surface area contributed by atoms with Gasteiger partial charge in [-0.2, -0.15) is 12.8 Å². The predicted molar refractivity (Wildman–Crippen MR) is 252 cm³/mol. The Morgan fingerprint density at radius 2 is 0.596 bits per heavy atom. The van der Waals surface area contributed by atoms with Crippen LogP contribution >= 0.6 is 0 Å². The second kappa shape index (κ2) is 36.1. The van der Waals surface area contributed by atoms with Crippen molar-refractivity contribution in [1.82, 2.24) is 0 Å². The van der Waals surface area contributed by atoms with Gasteiger partial charge in [0.2, 0.25) is 11.4 Å². The normalized spacial score (nSPS) is 12.0. The fraction of sp³-hybridized carbons (Fsp3) is 0.667. The third kappa shape index (κ3) is 24.8. The summed E-state index contributed by atoms with van der Waals surface area (Å²) in [7, 11) is 0. The van der Waals surface area contributed by atoms with Gasteiger partial charge < -0.3 is 19.4 Å². The quantitative estimate of drug-likeness (QED) is 0.0352. The predicted octanol–water partition coefficient (Wildman–Crippen LogP) is 18.6. The Kier molecular flexibility index (Phi) is 34.9. The first-order valence-corrected chi connectivity index (χ1v) is 23.8. The molecule has 0 amide bonds. The zero-order valence-corrected chi connectivity index (χ0v) is 40.4. The van der Waals surface area contributed by atoms with Gasteiger partial charge in [0.1, 0.15) is 0 Å². The maximum absolute atomic E-state index is 10.8. The zero-order chi connectivity index (χ0) is 41.4. The smallest absolute Gasteiger partial charge is 0.493 e. The average molecular weight is 874 g/mol. The number of unbranched alkanes of at least 4 members (excludes halogenated alkanes) is 26. The van der Waals surface area contributed by atoms with Crippen molar-refractivity contribution in [2.45, 2.75) is 235 Å². The van der Waals surface area contributed by atoms with Crippen LogP contribution in [0, 0.1) is 55.4 Å². The first kappa shape index (κ1) is 55.2. The zero-order valence-electron chi connectivity index (χ0n) is 38.9. The molecule has 57 heavy (non-hydrogen) atoms. The molecule has 0 unspecified atom stereocenters. The maximum atomic E-state index is 10.8. The van der Waals surface area contributed by atoms with Gasteiger partial charge in [-0.05, 0) is 99.2 Å². The number of nitrogens with zero attached hydrogens (tertiary/aromatic N) is 2. The van der Waals surface area contributed by atoms with E-state index in [-0.39, 0.29) is 20.4 Å². The molecule has 0 spiro atoms. The van der Waals surface area contributed by atoms with Crippen molar-refractivity contribution in [3.05, 3.63) is 100 Å². The van der Waals surface area contributed by atoms with E-state index in [1.165, 1.54) is 205 Å². The van der Waals surface area contributed by atoms with E-state index < -0.39 is 0 Å². The van der Waals surface area contributed by atoms with Gasteiger partial charge in [-0.3, -0.25) is 0 Å². The number of rotatable bonds is 28. The minimum atomic E-state index is 0. The van der Waals surface area contributed by atoms with Crippen molar-refractivity contribution in [1.29, 1.82) is 0 Å². The van der Waals surface area contributed by atoms with Crippen molar-refractivity contribution in [2.24, 2.45) is 0 Å². The fourth-order valence-electron chi connectivity index (χ4n) is 7.62. The molecule has 1 heterocycles. The van der Waals surface area contributed by atoms with Crippen LogP contribution in [-0.2, 0) is 20.4 Å². The van der Waals surface area contributed by atoms with Crippen LogP contribution in [0.25, 0.3) is 16.9 Å². The first-order chi connectivity index (χ1) is 27.1. The van der Waals surface area contributed by atoms with Crippen LogP contribution in [0.4, 0.5) is 0 Å². The van der Waals surface area contributed by atoms with Gasteiger partial charge in [-0.25, -0.2) is 4.70 Å². The van der Waals surface area contributed by atoms with Crippen LogP contribution in [0.5, 0.6) is 0 Å². The Morgan fingerprint density at radius 3 is 0.807 bits per heavy atom. The molecule has 2 aromatic rings. The molecular weight excluding hydrogens is 783 g/mol. The summed E-state index contributed by atoms with van der Waals surface area (Å²) in [6.07, 6.45) is 43.7. The third-order valence-electron chi connectivity index (χ3n) is 12.0. The second-order valence-corrected chi connectivity index (χ2v) is 17.1. The molecule has 2 nitrogen and oxygen atoms in total. The average Bonchev–Trinajstić information content (AvgIpc) is 3.58. The van der Waals surface area contributed by atoms with E-state index in [0.717, 1.165) is 35.4 Å². The molecular formula is C54H90N2Pd. The molecule has 0 aromatic heterocycles. The molecule has 0 radical (unpaired) electrons. The van der Waals surface area contributed by atoms with Gasteiger partial charge in [0.05, 0.1) is 0 Å². The standard InChI is InChI=1S/C22H24N2.2C16H33.Pd/c1-13-9-19(10-14(2)17(13)5)21-7-8-22(24(21)23)20-11-15(3)18(6)16(4)12-20;2*1-3-5-7-9-11-13-15-16-14-12-10-8-6-4-2;/h7-12H,1-6H3;2*1,3-16H2,2H3;/q;2*-1;+2. The van der Waals surface area contributed by atoms with Gasteiger partial charge in [0.15, 0.2) is 0 Å². The van der Waals surface area contributed by atoms with Crippen LogP contribution in [0.15, 0.2) is 36.4 Å². The molecule has 0 atom stereocenters. The Labute approximate surface area is 370 Å². The van der Waals surface area contributed by atoms with Crippen LogP contribution in [0.3, 0.4) is 0 Å². The molecule has 0 N–H and O–H groups in total. The summed E-state index contributed by atoms with van der Waals surface area (Å²) in [5, 5.41) is 0. The Balaban J connectivity index is 0.000000851. The molecule has 0 aliphatic carbocycles. The van der Waals surface area contributed by atoms with E-state index in [0.29, 0.717) is 0 Å². The maximum Gasteiger partial charge on any atom is 2.00 e. The minimum absolute atomic E-state index is 0. The van der Waals surface area contributed by atoms with Gasteiger partial charge in [-0.15, -0.1) is 0 Å². The first-order valence-electron chi connectivity index (χ1n) is 23.8. The molecule has 1 aliphatic heterocycles. The minimum Gasteiger partial charge on any atom is -0.493 e. The number of allylic oxidation sites excluding steroid dienone is 2. The van der Waals surface area contributed by atoms with Gasteiger partial charge in [0, 0.05) is 23.3 Å². The Hall–Kier alpha value is -1.82. The molecule has 3 heteroatoms. The summed E-state index contributed by atoms with van der Waals surface area (Å²) in [5.74, 6) is 0. The largest absolute Gasteiger partial charge is 2.00 e. The summed E-state index contributed by atoms with van der Waals surface area (Å²) in [6.45, 7) is 25.1. The van der Waals surface area contributed by atoms with E-state index in [4.69, 9.17) is 0 Å². The van der Waals surface area contributed by atoms with E-state index in [1.807, 2.05) is 12.2 Å². The van der Waals surface area contributed by atoms with Gasteiger partial charge in [0.25, 0.3) is 0 Å². The topological polar surface area (TPSA) is 25.3 Å². The van der Waals surface area contributed by atoms with E-state index in [1.54, 1.807) is 0 Å². The summed E-state index contributed by atoms with van der Waals surface area (Å²) < 4.78 is 1.31. The van der Waals surface area contributed by atoms with Crippen molar-refractivity contribution >= 4 is 11.4 Å². The molecule has 326 valence electrons. The SMILES string of the molecule is Cc1cc(C2=CC=C(c3cc(C)c(C)c(C)c3)[N+]2=[N-])cc(C)c1C.[CH2-]CCCCCCCCCCCCCCC.[CH2-]CCCCCCCCCCCCCCC.[Pd+2]. The Morgan fingerprint density at radius 1 is 0.386 bits per heavy atom. The van der Waals surface area contributed by atoms with Crippen LogP contribution in [0.2, 0.25) is 0 Å². The van der Waals surface area contributed by atoms with Crippen molar-refractivity contribution in [2.75, 3.05) is 0 Å². The van der Waals surface area contributed by atoms with Crippen LogP contribution in [-0.4, -0.2) is 4.70 Å². The second-order valence-electron chi connectivity index (χ2n) is 17.1. The number of hydrogen-bond donors (Lipinski definition) is 0. The molecule has 0 bridgehead atoms. The molecule has 0 saturated heterocycles. The summed E-state index contributed by atoms with van der Waals surface area (Å²) in [6, 6.07) is 8.55. The summed E-state index contributed by atoms with van der Waals surface area (Å²) in [5.41, 5.74) is 22.1.